The summed E-state index contributed by atoms with van der Waals surface area (Å²) in [6.45, 7) is 0. The van der Waals surface area contributed by atoms with Crippen LogP contribution in [0.1, 0.15) is 22.3 Å². The second-order valence-electron chi connectivity index (χ2n) is 7.13. The average molecular weight is 405 g/mol. The van der Waals surface area contributed by atoms with Gasteiger partial charge < -0.3 is 10.1 Å². The smallest absolute Gasteiger partial charge is 0.416 e. The largest absolute Gasteiger partial charge is 0.508 e. The number of aromatic hydroxyl groups is 1. The van der Waals surface area contributed by atoms with Gasteiger partial charge in [0.2, 0.25) is 5.69 Å². The summed E-state index contributed by atoms with van der Waals surface area (Å²) < 4.78 is 39.3. The highest BCUT2D eigenvalue weighted by atomic mass is 19.4. The molecule has 5 rings (SSSR count). The van der Waals surface area contributed by atoms with Crippen molar-refractivity contribution in [3.05, 3.63) is 95.2 Å². The van der Waals surface area contributed by atoms with Gasteiger partial charge in [0.25, 0.3) is 0 Å². The third-order valence-electron chi connectivity index (χ3n) is 5.29. The Morgan fingerprint density at radius 3 is 2.47 bits per heavy atom. The highest BCUT2D eigenvalue weighted by Crippen LogP contribution is 2.39. The van der Waals surface area contributed by atoms with Gasteiger partial charge in [-0.3, -0.25) is 0 Å². The molecular weight excluding hydrogens is 389 g/mol. The lowest BCUT2D eigenvalue weighted by atomic mass is 9.89. The number of phenols is 1. The first-order valence-corrected chi connectivity index (χ1v) is 9.33. The first-order valence-electron chi connectivity index (χ1n) is 9.33. The van der Waals surface area contributed by atoms with Crippen molar-refractivity contribution in [2.45, 2.75) is 6.18 Å². The minimum absolute atomic E-state index is 0.119. The fraction of sp³-hybridized carbons (Fsp3) is 0.0417. The molecule has 3 N–H and O–H groups in total. The Hall–Kier alpha value is -3.80. The Balaban J connectivity index is 1.79. The Morgan fingerprint density at radius 2 is 1.70 bits per heavy atom. The van der Waals surface area contributed by atoms with E-state index in [1.54, 1.807) is 18.2 Å². The molecule has 0 radical (unpaired) electrons. The van der Waals surface area contributed by atoms with E-state index >= 15 is 0 Å². The topological polar surface area (TPSA) is 50.0 Å². The first kappa shape index (κ1) is 18.2. The predicted molar refractivity (Wildman–Crippen MR) is 110 cm³/mol. The maximum Gasteiger partial charge on any atom is 0.416 e. The van der Waals surface area contributed by atoms with Crippen LogP contribution in [0.4, 0.5) is 18.9 Å². The molecule has 0 aliphatic carbocycles. The molecule has 1 aliphatic heterocycles. The number of para-hydroxylation sites is 1. The highest BCUT2D eigenvalue weighted by molar-refractivity contribution is 6.24. The van der Waals surface area contributed by atoms with Crippen LogP contribution < -0.4 is 4.99 Å². The minimum Gasteiger partial charge on any atom is -0.508 e. The standard InChI is InChI=1S/C24H15F3N2O/c25-24(26,27)15-7-5-14(6-8-15)23(19-12-28-21-4-2-1-3-17(19)21)20-13-29-22-10-9-16(30)11-18(20)22/h1-13,28,30H/p+1. The Kier molecular flexibility index (Phi) is 4.03. The van der Waals surface area contributed by atoms with Crippen LogP contribution in [0.5, 0.6) is 5.75 Å². The van der Waals surface area contributed by atoms with Gasteiger partial charge in [0.05, 0.1) is 16.7 Å². The maximum atomic E-state index is 13.1. The van der Waals surface area contributed by atoms with Gasteiger partial charge in [-0.05, 0) is 35.9 Å². The summed E-state index contributed by atoms with van der Waals surface area (Å²) in [5, 5.41) is 11.0. The molecule has 2 heterocycles. The molecule has 0 spiro atoms. The molecule has 0 fully saturated rings. The van der Waals surface area contributed by atoms with Gasteiger partial charge in [0.1, 0.15) is 5.75 Å². The Morgan fingerprint density at radius 1 is 0.933 bits per heavy atom. The van der Waals surface area contributed by atoms with E-state index in [4.69, 9.17) is 0 Å². The molecule has 4 aromatic rings. The van der Waals surface area contributed by atoms with Crippen molar-refractivity contribution in [2.75, 3.05) is 0 Å². The third-order valence-corrected chi connectivity index (χ3v) is 5.29. The van der Waals surface area contributed by atoms with E-state index in [0.29, 0.717) is 5.56 Å². The number of alkyl halides is 3. The lowest BCUT2D eigenvalue weighted by Crippen LogP contribution is -2.58. The lowest BCUT2D eigenvalue weighted by Gasteiger charge is -2.12. The van der Waals surface area contributed by atoms with Gasteiger partial charge in [-0.1, -0.05) is 30.3 Å². The number of halogens is 3. The highest BCUT2D eigenvalue weighted by Gasteiger charge is 2.31. The fourth-order valence-corrected chi connectivity index (χ4v) is 3.88. The van der Waals surface area contributed by atoms with Crippen LogP contribution in [0.3, 0.4) is 0 Å². The lowest BCUT2D eigenvalue weighted by molar-refractivity contribution is -0.342. The van der Waals surface area contributed by atoms with Crippen molar-refractivity contribution >= 4 is 34.0 Å². The third kappa shape index (κ3) is 2.97. The number of nitrogens with one attached hydrogen (secondary N) is 2. The van der Waals surface area contributed by atoms with Crippen LogP contribution in [-0.4, -0.2) is 16.3 Å². The number of hydrogen-bond acceptors (Lipinski definition) is 1. The molecule has 6 heteroatoms. The van der Waals surface area contributed by atoms with Crippen LogP contribution >= 0.6 is 0 Å². The number of H-pyrrole nitrogens is 1. The van der Waals surface area contributed by atoms with Gasteiger partial charge in [-0.25, -0.2) is 4.99 Å². The minimum atomic E-state index is -4.40. The molecule has 0 saturated carbocycles. The molecule has 148 valence electrons. The number of aromatic amines is 1. The molecule has 30 heavy (non-hydrogen) atoms. The van der Waals surface area contributed by atoms with E-state index in [0.717, 1.165) is 51.0 Å². The van der Waals surface area contributed by atoms with Gasteiger partial charge in [0.15, 0.2) is 6.21 Å². The molecule has 1 aliphatic rings. The summed E-state index contributed by atoms with van der Waals surface area (Å²) in [7, 11) is 0. The van der Waals surface area contributed by atoms with Gasteiger partial charge in [-0.2, -0.15) is 13.2 Å². The number of benzene rings is 3. The number of fused-ring (bicyclic) bond motifs is 2. The van der Waals surface area contributed by atoms with Crippen molar-refractivity contribution in [1.82, 2.24) is 4.98 Å². The number of rotatable bonds is 2. The van der Waals surface area contributed by atoms with E-state index in [1.165, 1.54) is 12.1 Å². The number of hydrogen-bond donors (Lipinski definition) is 3. The summed E-state index contributed by atoms with van der Waals surface area (Å²) >= 11 is 0. The van der Waals surface area contributed by atoms with E-state index in [9.17, 15) is 18.3 Å². The summed E-state index contributed by atoms with van der Waals surface area (Å²) in [5.41, 5.74) is 4.94. The van der Waals surface area contributed by atoms with Gasteiger partial charge in [0, 0.05) is 34.3 Å². The molecule has 0 atom stereocenters. The molecule has 1 aromatic heterocycles. The Labute approximate surface area is 169 Å². The van der Waals surface area contributed by atoms with Crippen LogP contribution in [0.2, 0.25) is 0 Å². The summed E-state index contributed by atoms with van der Waals surface area (Å²) in [5.74, 6) is 0.119. The van der Waals surface area contributed by atoms with E-state index < -0.39 is 11.7 Å². The maximum absolute atomic E-state index is 13.1. The van der Waals surface area contributed by atoms with E-state index in [-0.39, 0.29) is 5.75 Å². The Bertz CT molecular complexity index is 1330. The van der Waals surface area contributed by atoms with E-state index in [2.05, 4.69) is 9.98 Å². The average Bonchev–Trinajstić information content (AvgIpc) is 3.33. The summed E-state index contributed by atoms with van der Waals surface area (Å²) in [6.07, 6.45) is -0.718. The molecule has 3 nitrogen and oxygen atoms in total. The second kappa shape index (κ2) is 6.62. The quantitative estimate of drug-likeness (QED) is 0.418. The first-order chi connectivity index (χ1) is 14.4. The molecule has 3 aromatic carbocycles. The number of phenolic OH excluding ortho intramolecular Hbond substituents is 1. The second-order valence-corrected chi connectivity index (χ2v) is 7.13. The zero-order valence-corrected chi connectivity index (χ0v) is 15.6. The number of allylic oxidation sites excluding steroid dienone is 1. The van der Waals surface area contributed by atoms with Gasteiger partial charge in [-0.15, -0.1) is 0 Å². The van der Waals surface area contributed by atoms with Crippen LogP contribution in [-0.2, 0) is 6.18 Å². The van der Waals surface area contributed by atoms with Crippen molar-refractivity contribution in [1.29, 1.82) is 0 Å². The zero-order valence-electron chi connectivity index (χ0n) is 15.6. The molecule has 0 saturated heterocycles. The summed E-state index contributed by atoms with van der Waals surface area (Å²) in [4.78, 5) is 6.42. The van der Waals surface area contributed by atoms with Crippen LogP contribution in [0, 0.1) is 0 Å². The van der Waals surface area contributed by atoms with Crippen LogP contribution in [0.25, 0.3) is 22.0 Å². The fourth-order valence-electron chi connectivity index (χ4n) is 3.88. The van der Waals surface area contributed by atoms with Crippen LogP contribution in [0.15, 0.2) is 72.9 Å². The molecule has 0 unspecified atom stereocenters. The molecular formula is C24H16F3N2O+. The summed E-state index contributed by atoms with van der Waals surface area (Å²) in [6, 6.07) is 17.9. The van der Waals surface area contributed by atoms with E-state index in [1.807, 2.05) is 36.7 Å². The SMILES string of the molecule is Oc1ccc2c(c1)C(=C(c1ccc(C(F)(F)F)cc1)c1c[nH]c3ccccc13)C=[NH+]2. The molecule has 0 amide bonds. The van der Waals surface area contributed by atoms with Crippen molar-refractivity contribution in [2.24, 2.45) is 0 Å². The van der Waals surface area contributed by atoms with Gasteiger partial charge >= 0.3 is 6.18 Å². The van der Waals surface area contributed by atoms with Crippen molar-refractivity contribution < 1.29 is 23.3 Å². The monoisotopic (exact) mass is 405 g/mol. The molecule has 0 bridgehead atoms. The number of aromatic nitrogens is 1. The zero-order chi connectivity index (χ0) is 20.9. The van der Waals surface area contributed by atoms with Crippen molar-refractivity contribution in [3.63, 3.8) is 0 Å². The predicted octanol–water partition coefficient (Wildman–Crippen LogP) is 4.65. The van der Waals surface area contributed by atoms with Crippen molar-refractivity contribution in [3.8, 4) is 5.75 Å². The normalized spacial score (nSPS) is 14.9.